The zero-order valence-corrected chi connectivity index (χ0v) is 12.5. The van der Waals surface area contributed by atoms with Crippen molar-refractivity contribution in [3.8, 4) is 0 Å². The molecule has 18 heavy (non-hydrogen) atoms. The fourth-order valence-electron chi connectivity index (χ4n) is 3.54. The summed E-state index contributed by atoms with van der Waals surface area (Å²) in [7, 11) is 0. The Kier molecular flexibility index (Phi) is 3.72. The van der Waals surface area contributed by atoms with Gasteiger partial charge in [-0.1, -0.05) is 34.6 Å². The summed E-state index contributed by atoms with van der Waals surface area (Å²) in [5, 5.41) is 3.52. The Morgan fingerprint density at radius 1 is 1.44 bits per heavy atom. The Morgan fingerprint density at radius 2 is 2.11 bits per heavy atom. The monoisotopic (exact) mass is 252 g/mol. The molecular weight excluding hydrogens is 224 g/mol. The van der Waals surface area contributed by atoms with Crippen molar-refractivity contribution in [1.29, 1.82) is 0 Å². The van der Waals surface area contributed by atoms with E-state index in [0.717, 1.165) is 12.8 Å². The van der Waals surface area contributed by atoms with Crippen LogP contribution in [0.1, 0.15) is 60.3 Å². The molecule has 3 heteroatoms. The van der Waals surface area contributed by atoms with Gasteiger partial charge >= 0.3 is 0 Å². The van der Waals surface area contributed by atoms with Gasteiger partial charge in [0.1, 0.15) is 0 Å². The van der Waals surface area contributed by atoms with E-state index >= 15 is 0 Å². The van der Waals surface area contributed by atoms with E-state index in [4.69, 9.17) is 0 Å². The molecule has 2 aliphatic rings. The van der Waals surface area contributed by atoms with E-state index in [9.17, 15) is 4.79 Å². The van der Waals surface area contributed by atoms with Crippen LogP contribution in [0, 0.1) is 11.3 Å². The Balaban J connectivity index is 2.13. The summed E-state index contributed by atoms with van der Waals surface area (Å²) in [6.07, 6.45) is 4.82. The normalized spacial score (nSPS) is 35.8. The largest absolute Gasteiger partial charge is 0.323 e. The lowest BCUT2D eigenvalue weighted by Crippen LogP contribution is -2.43. The molecule has 3 nitrogen and oxygen atoms in total. The predicted octanol–water partition coefficient (Wildman–Crippen LogP) is 2.76. The van der Waals surface area contributed by atoms with E-state index in [1.54, 1.807) is 0 Å². The summed E-state index contributed by atoms with van der Waals surface area (Å²) in [5.74, 6) is 0.713. The minimum atomic E-state index is 0.0265. The van der Waals surface area contributed by atoms with Gasteiger partial charge in [-0.15, -0.1) is 0 Å². The van der Waals surface area contributed by atoms with Crippen LogP contribution in [0.4, 0.5) is 0 Å². The maximum Gasteiger partial charge on any atom is 0.241 e. The number of carbonyl (C=O) groups is 1. The zero-order valence-electron chi connectivity index (χ0n) is 12.5. The summed E-state index contributed by atoms with van der Waals surface area (Å²) < 4.78 is 0. The molecule has 1 aliphatic carbocycles. The highest BCUT2D eigenvalue weighted by Crippen LogP contribution is 2.41. The first-order valence-electron chi connectivity index (χ1n) is 7.44. The van der Waals surface area contributed by atoms with Crippen molar-refractivity contribution in [2.45, 2.75) is 78.6 Å². The van der Waals surface area contributed by atoms with Crippen molar-refractivity contribution in [3.05, 3.63) is 0 Å². The summed E-state index contributed by atoms with van der Waals surface area (Å²) in [5.41, 5.74) is 0.402. The van der Waals surface area contributed by atoms with E-state index < -0.39 is 0 Å². The van der Waals surface area contributed by atoms with Gasteiger partial charge in [-0.3, -0.25) is 10.1 Å². The molecule has 1 heterocycles. The molecule has 0 bridgehead atoms. The molecule has 1 amide bonds. The van der Waals surface area contributed by atoms with Crippen molar-refractivity contribution in [1.82, 2.24) is 10.2 Å². The summed E-state index contributed by atoms with van der Waals surface area (Å²) >= 11 is 0. The Morgan fingerprint density at radius 3 is 2.56 bits per heavy atom. The molecule has 0 spiro atoms. The molecular formula is C15H28N2O. The van der Waals surface area contributed by atoms with Crippen molar-refractivity contribution in [2.75, 3.05) is 0 Å². The summed E-state index contributed by atoms with van der Waals surface area (Å²) in [6, 6.07) is 0.479. The number of amides is 1. The quantitative estimate of drug-likeness (QED) is 0.837. The zero-order chi connectivity index (χ0) is 13.5. The molecule has 1 aliphatic heterocycles. The van der Waals surface area contributed by atoms with Crippen LogP contribution in [0.5, 0.6) is 0 Å². The summed E-state index contributed by atoms with van der Waals surface area (Å²) in [4.78, 5) is 14.7. The predicted molar refractivity (Wildman–Crippen MR) is 74.1 cm³/mol. The lowest BCUT2D eigenvalue weighted by atomic mass is 9.91. The van der Waals surface area contributed by atoms with Crippen molar-refractivity contribution >= 4 is 5.91 Å². The van der Waals surface area contributed by atoms with Crippen LogP contribution in [0.2, 0.25) is 0 Å². The van der Waals surface area contributed by atoms with Crippen LogP contribution in [0.25, 0.3) is 0 Å². The molecule has 1 N–H and O–H groups in total. The number of carbonyl (C=O) groups excluding carboxylic acids is 1. The third-order valence-electron chi connectivity index (χ3n) is 4.62. The molecule has 2 fully saturated rings. The topological polar surface area (TPSA) is 32.3 Å². The lowest BCUT2D eigenvalue weighted by molar-refractivity contribution is -0.133. The maximum absolute atomic E-state index is 12.6. The lowest BCUT2D eigenvalue weighted by Gasteiger charge is -2.30. The second kappa shape index (κ2) is 4.84. The van der Waals surface area contributed by atoms with Crippen molar-refractivity contribution in [3.63, 3.8) is 0 Å². The van der Waals surface area contributed by atoms with E-state index in [0.29, 0.717) is 23.3 Å². The van der Waals surface area contributed by atoms with Gasteiger partial charge < -0.3 is 4.90 Å². The van der Waals surface area contributed by atoms with Gasteiger partial charge in [0.15, 0.2) is 0 Å². The van der Waals surface area contributed by atoms with Crippen LogP contribution < -0.4 is 5.32 Å². The highest BCUT2D eigenvalue weighted by atomic mass is 16.2. The smallest absolute Gasteiger partial charge is 0.241 e. The first-order valence-corrected chi connectivity index (χ1v) is 7.44. The molecule has 104 valence electrons. The molecule has 0 aromatic carbocycles. The molecule has 1 saturated carbocycles. The minimum absolute atomic E-state index is 0.0265. The molecule has 0 aromatic heterocycles. The van der Waals surface area contributed by atoms with Gasteiger partial charge in [-0.05, 0) is 37.0 Å². The van der Waals surface area contributed by atoms with Gasteiger partial charge in [0.25, 0.3) is 0 Å². The number of hydrogen-bond donors (Lipinski definition) is 1. The third-order valence-corrected chi connectivity index (χ3v) is 4.62. The second-order valence-corrected chi connectivity index (χ2v) is 7.12. The molecule has 3 unspecified atom stereocenters. The van der Waals surface area contributed by atoms with Crippen LogP contribution >= 0.6 is 0 Å². The van der Waals surface area contributed by atoms with Gasteiger partial charge in [0.05, 0.1) is 12.2 Å². The highest BCUT2D eigenvalue weighted by Gasteiger charge is 2.46. The van der Waals surface area contributed by atoms with Crippen LogP contribution in [-0.4, -0.2) is 29.1 Å². The first-order chi connectivity index (χ1) is 8.35. The Hall–Kier alpha value is -0.570. The molecule has 1 saturated heterocycles. The number of rotatable bonds is 3. The number of hydrogen-bond acceptors (Lipinski definition) is 2. The average Bonchev–Trinajstić information content (AvgIpc) is 2.78. The van der Waals surface area contributed by atoms with Crippen molar-refractivity contribution < 1.29 is 4.79 Å². The average molecular weight is 252 g/mol. The molecule has 2 rings (SSSR count). The Labute approximate surface area is 111 Å². The van der Waals surface area contributed by atoms with Crippen LogP contribution in [-0.2, 0) is 4.79 Å². The molecule has 0 aromatic rings. The molecule has 3 atom stereocenters. The van der Waals surface area contributed by atoms with E-state index in [-0.39, 0.29) is 12.2 Å². The maximum atomic E-state index is 12.6. The van der Waals surface area contributed by atoms with Crippen LogP contribution in [0.3, 0.4) is 0 Å². The number of nitrogens with zero attached hydrogens (tertiary/aromatic N) is 1. The minimum Gasteiger partial charge on any atom is -0.323 e. The summed E-state index contributed by atoms with van der Waals surface area (Å²) in [6.45, 7) is 11.1. The van der Waals surface area contributed by atoms with Gasteiger partial charge in [0, 0.05) is 6.04 Å². The first kappa shape index (κ1) is 13.9. The van der Waals surface area contributed by atoms with E-state index in [1.807, 2.05) is 0 Å². The standard InChI is InChI=1S/C15H28N2O/c1-6-12-16-13(10(2)3)14(18)17(12)11-7-8-15(4,5)9-11/h10-13,16H,6-9H2,1-5H3. The third kappa shape index (κ3) is 2.42. The van der Waals surface area contributed by atoms with Gasteiger partial charge in [-0.2, -0.15) is 0 Å². The van der Waals surface area contributed by atoms with Gasteiger partial charge in [0.2, 0.25) is 5.91 Å². The van der Waals surface area contributed by atoms with Gasteiger partial charge in [-0.25, -0.2) is 0 Å². The SMILES string of the molecule is CCC1NC(C(C)C)C(=O)N1C1CCC(C)(C)C1. The number of nitrogens with one attached hydrogen (secondary N) is 1. The van der Waals surface area contributed by atoms with Crippen molar-refractivity contribution in [2.24, 2.45) is 11.3 Å². The fourth-order valence-corrected chi connectivity index (χ4v) is 3.54. The Bertz CT molecular complexity index is 324. The van der Waals surface area contributed by atoms with Crippen LogP contribution in [0.15, 0.2) is 0 Å². The second-order valence-electron chi connectivity index (χ2n) is 7.12. The van der Waals surface area contributed by atoms with E-state index in [2.05, 4.69) is 44.8 Å². The highest BCUT2D eigenvalue weighted by molar-refractivity contribution is 5.85. The molecule has 0 radical (unpaired) electrons. The van der Waals surface area contributed by atoms with E-state index in [1.165, 1.54) is 12.8 Å². The fraction of sp³-hybridized carbons (Fsp3) is 0.933.